The number of nitrogens with two attached hydrogens (primary N) is 1. The first kappa shape index (κ1) is 22.2. The SMILES string of the molecule is CC(N)C1CCCCN1C(=O)C(C)N1CCc2ccccc2C1.Cl.Cl. The topological polar surface area (TPSA) is 49.6 Å². The Morgan fingerprint density at radius 2 is 1.80 bits per heavy atom. The average Bonchev–Trinajstić information content (AvgIpc) is 2.60. The van der Waals surface area contributed by atoms with Crippen LogP contribution in [0.25, 0.3) is 0 Å². The summed E-state index contributed by atoms with van der Waals surface area (Å²) < 4.78 is 0. The molecular formula is C19H31Cl2N3O. The van der Waals surface area contributed by atoms with E-state index in [2.05, 4.69) is 41.0 Å². The van der Waals surface area contributed by atoms with Crippen LogP contribution in [0.4, 0.5) is 0 Å². The predicted molar refractivity (Wildman–Crippen MR) is 108 cm³/mol. The minimum atomic E-state index is -0.0669. The Labute approximate surface area is 163 Å². The maximum Gasteiger partial charge on any atom is 0.239 e. The van der Waals surface area contributed by atoms with Gasteiger partial charge >= 0.3 is 0 Å². The number of halogens is 2. The lowest BCUT2D eigenvalue weighted by atomic mass is 9.95. The van der Waals surface area contributed by atoms with Gasteiger partial charge in [0.15, 0.2) is 0 Å². The van der Waals surface area contributed by atoms with Crippen molar-refractivity contribution in [3.05, 3.63) is 35.4 Å². The fourth-order valence-electron chi connectivity index (χ4n) is 4.02. The van der Waals surface area contributed by atoms with Gasteiger partial charge in [-0.3, -0.25) is 9.69 Å². The number of fused-ring (bicyclic) bond motifs is 1. The van der Waals surface area contributed by atoms with Gasteiger partial charge in [0.1, 0.15) is 0 Å². The largest absolute Gasteiger partial charge is 0.337 e. The van der Waals surface area contributed by atoms with Crippen molar-refractivity contribution in [1.29, 1.82) is 0 Å². The Morgan fingerprint density at radius 1 is 1.12 bits per heavy atom. The number of likely N-dealkylation sites (tertiary alicyclic amines) is 1. The Morgan fingerprint density at radius 3 is 2.48 bits per heavy atom. The van der Waals surface area contributed by atoms with Gasteiger partial charge in [-0.2, -0.15) is 0 Å². The predicted octanol–water partition coefficient (Wildman–Crippen LogP) is 3.01. The Balaban J connectivity index is 0.00000156. The van der Waals surface area contributed by atoms with E-state index >= 15 is 0 Å². The second-order valence-electron chi connectivity index (χ2n) is 7.12. The van der Waals surface area contributed by atoms with E-state index in [9.17, 15) is 4.79 Å². The zero-order valence-electron chi connectivity index (χ0n) is 15.2. The van der Waals surface area contributed by atoms with Crippen molar-refractivity contribution in [2.24, 2.45) is 5.73 Å². The zero-order chi connectivity index (χ0) is 16.4. The van der Waals surface area contributed by atoms with Crippen molar-refractivity contribution in [2.45, 2.75) is 64.2 Å². The average molecular weight is 388 g/mol. The summed E-state index contributed by atoms with van der Waals surface area (Å²) in [6, 6.07) is 8.77. The van der Waals surface area contributed by atoms with Crippen LogP contribution in [0.5, 0.6) is 0 Å². The first-order chi connectivity index (χ1) is 11.1. The molecule has 4 nitrogen and oxygen atoms in total. The van der Waals surface area contributed by atoms with Crippen molar-refractivity contribution >= 4 is 30.7 Å². The van der Waals surface area contributed by atoms with Crippen molar-refractivity contribution in [1.82, 2.24) is 9.80 Å². The molecule has 0 saturated carbocycles. The molecule has 1 aromatic carbocycles. The third-order valence-electron chi connectivity index (χ3n) is 5.50. The smallest absolute Gasteiger partial charge is 0.239 e. The molecule has 142 valence electrons. The van der Waals surface area contributed by atoms with Gasteiger partial charge in [0.2, 0.25) is 5.91 Å². The maximum atomic E-state index is 13.1. The molecule has 2 heterocycles. The molecule has 3 rings (SSSR count). The molecular weight excluding hydrogens is 357 g/mol. The van der Waals surface area contributed by atoms with Gasteiger partial charge in [0.05, 0.1) is 6.04 Å². The minimum absolute atomic E-state index is 0. The van der Waals surface area contributed by atoms with Crippen LogP contribution in [0.15, 0.2) is 24.3 Å². The summed E-state index contributed by atoms with van der Waals surface area (Å²) in [5, 5.41) is 0. The fraction of sp³-hybridized carbons (Fsp3) is 0.632. The Bertz CT molecular complexity index is 567. The lowest BCUT2D eigenvalue weighted by molar-refractivity contribution is -0.141. The number of piperidine rings is 1. The van der Waals surface area contributed by atoms with E-state index in [0.29, 0.717) is 0 Å². The molecule has 0 bridgehead atoms. The van der Waals surface area contributed by atoms with E-state index in [1.807, 2.05) is 6.92 Å². The highest BCUT2D eigenvalue weighted by molar-refractivity contribution is 5.85. The quantitative estimate of drug-likeness (QED) is 0.866. The highest BCUT2D eigenvalue weighted by Gasteiger charge is 2.34. The molecule has 2 aliphatic heterocycles. The molecule has 1 amide bonds. The normalized spacial score (nSPS) is 22.8. The van der Waals surface area contributed by atoms with Crippen LogP contribution < -0.4 is 5.73 Å². The molecule has 0 aromatic heterocycles. The van der Waals surface area contributed by atoms with Crippen LogP contribution in [0, 0.1) is 0 Å². The highest BCUT2D eigenvalue weighted by Crippen LogP contribution is 2.24. The van der Waals surface area contributed by atoms with Gasteiger partial charge in [-0.15, -0.1) is 24.8 Å². The molecule has 2 N–H and O–H groups in total. The lowest BCUT2D eigenvalue weighted by Gasteiger charge is -2.42. The van der Waals surface area contributed by atoms with E-state index in [1.54, 1.807) is 0 Å². The Kier molecular flexibility index (Phi) is 8.69. The molecule has 6 heteroatoms. The van der Waals surface area contributed by atoms with E-state index < -0.39 is 0 Å². The van der Waals surface area contributed by atoms with Gasteiger partial charge in [-0.1, -0.05) is 24.3 Å². The second kappa shape index (κ2) is 9.77. The molecule has 3 atom stereocenters. The van der Waals surface area contributed by atoms with Gasteiger partial charge in [0, 0.05) is 31.7 Å². The summed E-state index contributed by atoms with van der Waals surface area (Å²) in [5.41, 5.74) is 8.92. The summed E-state index contributed by atoms with van der Waals surface area (Å²) in [7, 11) is 0. The summed E-state index contributed by atoms with van der Waals surface area (Å²) in [5.74, 6) is 0.256. The number of carbonyl (C=O) groups excluding carboxylic acids is 1. The van der Waals surface area contributed by atoms with E-state index in [4.69, 9.17) is 5.73 Å². The van der Waals surface area contributed by atoms with E-state index in [-0.39, 0.29) is 48.8 Å². The summed E-state index contributed by atoms with van der Waals surface area (Å²) in [6.07, 6.45) is 4.36. The van der Waals surface area contributed by atoms with Crippen LogP contribution in [0.1, 0.15) is 44.2 Å². The van der Waals surface area contributed by atoms with Crippen LogP contribution in [0.2, 0.25) is 0 Å². The molecule has 0 spiro atoms. The molecule has 1 fully saturated rings. The monoisotopic (exact) mass is 387 g/mol. The lowest BCUT2D eigenvalue weighted by Crippen LogP contribution is -2.57. The summed E-state index contributed by atoms with van der Waals surface area (Å²) in [4.78, 5) is 17.4. The van der Waals surface area contributed by atoms with Crippen molar-refractivity contribution in [2.75, 3.05) is 13.1 Å². The van der Waals surface area contributed by atoms with E-state index in [0.717, 1.165) is 38.9 Å². The first-order valence-corrected chi connectivity index (χ1v) is 8.95. The van der Waals surface area contributed by atoms with Gasteiger partial charge < -0.3 is 10.6 Å². The van der Waals surface area contributed by atoms with Crippen LogP contribution in [-0.4, -0.2) is 46.9 Å². The number of rotatable bonds is 3. The molecule has 0 aliphatic carbocycles. The number of benzene rings is 1. The number of amides is 1. The standard InChI is InChI=1S/C19H29N3O.2ClH/c1-14(20)18-9-5-6-11-22(18)19(23)15(2)21-12-10-16-7-3-4-8-17(16)13-21;;/h3-4,7-8,14-15,18H,5-6,9-13,20H2,1-2H3;2*1H. The van der Waals surface area contributed by atoms with Crippen LogP contribution >= 0.6 is 24.8 Å². The molecule has 3 unspecified atom stereocenters. The number of hydrogen-bond donors (Lipinski definition) is 1. The minimum Gasteiger partial charge on any atom is -0.337 e. The van der Waals surface area contributed by atoms with Crippen molar-refractivity contribution < 1.29 is 4.79 Å². The number of nitrogens with zero attached hydrogens (tertiary/aromatic N) is 2. The second-order valence-corrected chi connectivity index (χ2v) is 7.12. The molecule has 1 saturated heterocycles. The van der Waals surface area contributed by atoms with E-state index in [1.165, 1.54) is 17.5 Å². The summed E-state index contributed by atoms with van der Waals surface area (Å²) in [6.45, 7) is 6.78. The van der Waals surface area contributed by atoms with Crippen molar-refractivity contribution in [3.63, 3.8) is 0 Å². The number of hydrogen-bond acceptors (Lipinski definition) is 3. The third kappa shape index (κ3) is 4.88. The van der Waals surface area contributed by atoms with Crippen LogP contribution in [-0.2, 0) is 17.8 Å². The van der Waals surface area contributed by atoms with Gasteiger partial charge in [-0.25, -0.2) is 0 Å². The van der Waals surface area contributed by atoms with Gasteiger partial charge in [0.25, 0.3) is 0 Å². The van der Waals surface area contributed by atoms with Crippen molar-refractivity contribution in [3.8, 4) is 0 Å². The first-order valence-electron chi connectivity index (χ1n) is 8.95. The fourth-order valence-corrected chi connectivity index (χ4v) is 4.02. The Hall–Kier alpha value is -0.810. The zero-order valence-corrected chi connectivity index (χ0v) is 16.8. The third-order valence-corrected chi connectivity index (χ3v) is 5.50. The molecule has 25 heavy (non-hydrogen) atoms. The molecule has 2 aliphatic rings. The molecule has 1 aromatic rings. The van der Waals surface area contributed by atoms with Crippen LogP contribution in [0.3, 0.4) is 0 Å². The maximum absolute atomic E-state index is 13.1. The summed E-state index contributed by atoms with van der Waals surface area (Å²) >= 11 is 0. The number of carbonyl (C=O) groups is 1. The highest BCUT2D eigenvalue weighted by atomic mass is 35.5. The molecule has 0 radical (unpaired) electrons. The van der Waals surface area contributed by atoms with Gasteiger partial charge in [-0.05, 0) is 50.7 Å².